The normalized spacial score (nSPS) is 11.0. The fourth-order valence-electron chi connectivity index (χ4n) is 2.61. The van der Waals surface area contributed by atoms with E-state index in [4.69, 9.17) is 20.6 Å². The molecule has 2 aromatic heterocycles. The maximum atomic E-state index is 6.30. The van der Waals surface area contributed by atoms with E-state index in [0.717, 1.165) is 11.1 Å². The van der Waals surface area contributed by atoms with E-state index >= 15 is 0 Å². The summed E-state index contributed by atoms with van der Waals surface area (Å²) in [5.41, 5.74) is 4.05. The summed E-state index contributed by atoms with van der Waals surface area (Å²) >= 11 is 6.30. The highest BCUT2D eigenvalue weighted by atomic mass is 35.5. The largest absolute Gasteiger partial charge is 0.360 e. The molecule has 25 heavy (non-hydrogen) atoms. The molecule has 0 radical (unpaired) electrons. The summed E-state index contributed by atoms with van der Waals surface area (Å²) < 4.78 is 10.8. The van der Waals surface area contributed by atoms with Crippen molar-refractivity contribution in [2.24, 2.45) is 0 Å². The minimum absolute atomic E-state index is 0.351. The Morgan fingerprint density at radius 3 is 2.40 bits per heavy atom. The second-order valence-electron chi connectivity index (χ2n) is 5.73. The van der Waals surface area contributed by atoms with Crippen LogP contribution in [-0.2, 0) is 0 Å². The lowest BCUT2D eigenvalue weighted by Gasteiger charge is -2.00. The lowest BCUT2D eigenvalue weighted by Crippen LogP contribution is -1.86. The van der Waals surface area contributed by atoms with Crippen LogP contribution in [0.15, 0.2) is 57.6 Å². The van der Waals surface area contributed by atoms with Crippen molar-refractivity contribution in [2.75, 3.05) is 0 Å². The second kappa shape index (κ2) is 6.18. The van der Waals surface area contributed by atoms with Crippen molar-refractivity contribution < 1.29 is 9.05 Å². The Hall–Kier alpha value is -2.92. The predicted molar refractivity (Wildman–Crippen MR) is 95.2 cm³/mol. The van der Waals surface area contributed by atoms with Crippen LogP contribution in [0, 0.1) is 13.8 Å². The van der Waals surface area contributed by atoms with Crippen LogP contribution in [0.4, 0.5) is 0 Å². The van der Waals surface area contributed by atoms with E-state index in [2.05, 4.69) is 15.3 Å². The molecular formula is C19H14ClN3O2. The van der Waals surface area contributed by atoms with Gasteiger partial charge >= 0.3 is 0 Å². The molecule has 5 nitrogen and oxygen atoms in total. The molecule has 0 amide bonds. The molecule has 0 saturated heterocycles. The molecule has 0 fully saturated rings. The van der Waals surface area contributed by atoms with Gasteiger partial charge in [-0.05, 0) is 19.9 Å². The van der Waals surface area contributed by atoms with E-state index < -0.39 is 0 Å². The Bertz CT molecular complexity index is 1040. The molecule has 0 saturated carbocycles. The maximum Gasteiger partial charge on any atom is 0.264 e. The van der Waals surface area contributed by atoms with Gasteiger partial charge in [0.1, 0.15) is 17.0 Å². The lowest BCUT2D eigenvalue weighted by molar-refractivity contribution is 0.397. The van der Waals surface area contributed by atoms with E-state index in [1.807, 2.05) is 49.4 Å². The van der Waals surface area contributed by atoms with Gasteiger partial charge in [-0.15, -0.1) is 0 Å². The first-order valence-electron chi connectivity index (χ1n) is 7.76. The van der Waals surface area contributed by atoms with Crippen LogP contribution in [0.3, 0.4) is 0 Å². The Morgan fingerprint density at radius 1 is 0.880 bits per heavy atom. The molecule has 4 rings (SSSR count). The molecule has 0 bridgehead atoms. The van der Waals surface area contributed by atoms with Gasteiger partial charge in [0.2, 0.25) is 5.82 Å². The van der Waals surface area contributed by atoms with Crippen molar-refractivity contribution in [1.29, 1.82) is 0 Å². The molecule has 2 aromatic carbocycles. The monoisotopic (exact) mass is 351 g/mol. The molecule has 124 valence electrons. The summed E-state index contributed by atoms with van der Waals surface area (Å²) in [6.45, 7) is 3.83. The zero-order chi connectivity index (χ0) is 17.4. The van der Waals surface area contributed by atoms with Crippen LogP contribution in [0.5, 0.6) is 0 Å². The first-order chi connectivity index (χ1) is 12.1. The average Bonchev–Trinajstić information content (AvgIpc) is 3.23. The van der Waals surface area contributed by atoms with E-state index in [1.165, 1.54) is 5.56 Å². The molecule has 0 N–H and O–H groups in total. The summed E-state index contributed by atoms with van der Waals surface area (Å²) in [4.78, 5) is 4.51. The number of nitrogens with zero attached hydrogens (tertiary/aromatic N) is 3. The van der Waals surface area contributed by atoms with Crippen molar-refractivity contribution in [2.45, 2.75) is 13.8 Å². The smallest absolute Gasteiger partial charge is 0.264 e. The molecule has 0 spiro atoms. The second-order valence-corrected chi connectivity index (χ2v) is 6.14. The highest BCUT2D eigenvalue weighted by Crippen LogP contribution is 2.37. The third-order valence-electron chi connectivity index (χ3n) is 3.94. The Balaban J connectivity index is 1.80. The number of hydrogen-bond donors (Lipinski definition) is 0. The Labute approximate surface area is 149 Å². The van der Waals surface area contributed by atoms with Gasteiger partial charge in [-0.3, -0.25) is 0 Å². The van der Waals surface area contributed by atoms with Gasteiger partial charge in [0.15, 0.2) is 0 Å². The number of benzene rings is 2. The van der Waals surface area contributed by atoms with E-state index in [1.54, 1.807) is 13.0 Å². The van der Waals surface area contributed by atoms with Crippen molar-refractivity contribution in [1.82, 2.24) is 15.3 Å². The average molecular weight is 352 g/mol. The number of hydrogen-bond acceptors (Lipinski definition) is 5. The highest BCUT2D eigenvalue weighted by Gasteiger charge is 2.23. The van der Waals surface area contributed by atoms with Crippen LogP contribution in [-0.4, -0.2) is 15.3 Å². The van der Waals surface area contributed by atoms with Crippen molar-refractivity contribution in [3.8, 4) is 34.1 Å². The minimum atomic E-state index is 0.351. The van der Waals surface area contributed by atoms with Crippen LogP contribution in [0.25, 0.3) is 34.1 Å². The molecule has 6 heteroatoms. The fourth-order valence-corrected chi connectivity index (χ4v) is 2.83. The van der Waals surface area contributed by atoms with Gasteiger partial charge < -0.3 is 9.05 Å². The zero-order valence-electron chi connectivity index (χ0n) is 13.7. The fraction of sp³-hybridized carbons (Fsp3) is 0.105. The first-order valence-corrected chi connectivity index (χ1v) is 8.13. The van der Waals surface area contributed by atoms with Crippen molar-refractivity contribution >= 4 is 11.6 Å². The van der Waals surface area contributed by atoms with Gasteiger partial charge in [-0.1, -0.05) is 69.9 Å². The summed E-state index contributed by atoms with van der Waals surface area (Å²) in [5, 5.41) is 8.79. The highest BCUT2D eigenvalue weighted by molar-refractivity contribution is 6.33. The van der Waals surface area contributed by atoms with Crippen LogP contribution < -0.4 is 0 Å². The molecule has 0 aliphatic rings. The number of rotatable bonds is 3. The Kier molecular flexibility index (Phi) is 3.86. The Morgan fingerprint density at radius 2 is 1.64 bits per heavy atom. The maximum absolute atomic E-state index is 6.30. The molecule has 0 atom stereocenters. The zero-order valence-corrected chi connectivity index (χ0v) is 14.4. The number of halogens is 1. The summed E-state index contributed by atoms with van der Waals surface area (Å²) in [7, 11) is 0. The summed E-state index contributed by atoms with van der Waals surface area (Å²) in [6.07, 6.45) is 0. The SMILES string of the molecule is Cc1ccc(-c2noc(-c3c(-c4ccccc4Cl)noc3C)n2)cc1. The van der Waals surface area contributed by atoms with Gasteiger partial charge in [0, 0.05) is 11.1 Å². The van der Waals surface area contributed by atoms with E-state index in [-0.39, 0.29) is 0 Å². The molecule has 0 unspecified atom stereocenters. The predicted octanol–water partition coefficient (Wildman–Crippen LogP) is 5.33. The van der Waals surface area contributed by atoms with E-state index in [9.17, 15) is 0 Å². The topological polar surface area (TPSA) is 65.0 Å². The van der Waals surface area contributed by atoms with E-state index in [0.29, 0.717) is 33.8 Å². The van der Waals surface area contributed by atoms with Crippen molar-refractivity contribution in [3.05, 3.63) is 64.9 Å². The first kappa shape index (κ1) is 15.6. The van der Waals surface area contributed by atoms with Crippen molar-refractivity contribution in [3.63, 3.8) is 0 Å². The summed E-state index contributed by atoms with van der Waals surface area (Å²) in [5.74, 6) is 1.46. The number of aromatic nitrogens is 3. The lowest BCUT2D eigenvalue weighted by atomic mass is 10.1. The quantitative estimate of drug-likeness (QED) is 0.499. The van der Waals surface area contributed by atoms with Gasteiger partial charge in [-0.2, -0.15) is 4.98 Å². The summed E-state index contributed by atoms with van der Waals surface area (Å²) in [6, 6.07) is 15.4. The molecule has 4 aromatic rings. The third-order valence-corrected chi connectivity index (χ3v) is 4.27. The number of aryl methyl sites for hydroxylation is 2. The van der Waals surface area contributed by atoms with Gasteiger partial charge in [0.25, 0.3) is 5.89 Å². The van der Waals surface area contributed by atoms with Crippen LogP contribution in [0.2, 0.25) is 5.02 Å². The third kappa shape index (κ3) is 2.83. The van der Waals surface area contributed by atoms with Gasteiger partial charge in [-0.25, -0.2) is 0 Å². The van der Waals surface area contributed by atoms with Crippen LogP contribution in [0.1, 0.15) is 11.3 Å². The molecule has 0 aliphatic carbocycles. The molecular weight excluding hydrogens is 338 g/mol. The minimum Gasteiger partial charge on any atom is -0.360 e. The van der Waals surface area contributed by atoms with Crippen LogP contribution >= 0.6 is 11.6 Å². The standard InChI is InChI=1S/C19H14ClN3O2/c1-11-7-9-13(10-8-11)18-21-19(25-23-18)16-12(2)24-22-17(16)14-5-3-4-6-15(14)20/h3-10H,1-2H3. The van der Waals surface area contributed by atoms with Gasteiger partial charge in [0.05, 0.1) is 5.02 Å². The molecule has 2 heterocycles. The molecule has 0 aliphatic heterocycles.